The van der Waals surface area contributed by atoms with E-state index in [0.29, 0.717) is 38.8 Å². The molecule has 2 saturated carbocycles. The van der Waals surface area contributed by atoms with Gasteiger partial charge in [-0.1, -0.05) is 86.1 Å². The molecule has 5 rings (SSSR count). The zero-order valence-corrected chi connectivity index (χ0v) is 61.4. The van der Waals surface area contributed by atoms with Crippen molar-refractivity contribution in [3.05, 3.63) is 12.7 Å². The first-order valence-electron chi connectivity index (χ1n) is 35.5. The van der Waals surface area contributed by atoms with Crippen LogP contribution in [0.3, 0.4) is 0 Å². The second kappa shape index (κ2) is 36.7. The van der Waals surface area contributed by atoms with E-state index in [-0.39, 0.29) is 82.1 Å². The molecule has 0 aromatic carbocycles. The molecule has 3 unspecified atom stereocenters. The zero-order valence-electron chi connectivity index (χ0n) is 60.7. The van der Waals surface area contributed by atoms with Crippen LogP contribution >= 0.6 is 11.6 Å². The molecule has 98 heavy (non-hydrogen) atoms. The van der Waals surface area contributed by atoms with Crippen molar-refractivity contribution in [2.75, 3.05) is 88.6 Å². The fraction of sp³-hybridized carbons (Fsp3) is 0.800. The van der Waals surface area contributed by atoms with Gasteiger partial charge in [-0.3, -0.25) is 57.5 Å². The Morgan fingerprint density at radius 3 is 1.83 bits per heavy atom. The van der Waals surface area contributed by atoms with Crippen molar-refractivity contribution >= 4 is 82.5 Å². The molecule has 5 aliphatic rings. The first-order chi connectivity index (χ1) is 45.9. The summed E-state index contributed by atoms with van der Waals surface area (Å²) in [5.41, 5.74) is -1.82. The van der Waals surface area contributed by atoms with E-state index in [9.17, 15) is 56.3 Å². The maximum absolute atomic E-state index is 15.3. The topological polar surface area (TPSA) is 270 Å². The number of hydrogen-bond donors (Lipinski definition) is 3. The van der Waals surface area contributed by atoms with Gasteiger partial charge in [0.2, 0.25) is 70.9 Å². The Morgan fingerprint density at radius 2 is 1.24 bits per heavy atom. The molecule has 3 N–H and O–H groups in total. The van der Waals surface area contributed by atoms with Crippen LogP contribution in [0.15, 0.2) is 12.7 Å². The minimum absolute atomic E-state index is 0.0149. The third-order valence-electron chi connectivity index (χ3n) is 21.2. The number of halogens is 4. The number of carbonyl (C=O) groups is 12. The maximum atomic E-state index is 15.3. The van der Waals surface area contributed by atoms with Crippen molar-refractivity contribution in [1.29, 1.82) is 0 Å². The van der Waals surface area contributed by atoms with E-state index in [1.54, 1.807) is 25.7 Å². The van der Waals surface area contributed by atoms with Crippen molar-refractivity contribution in [1.82, 2.24) is 60.0 Å². The van der Waals surface area contributed by atoms with E-state index in [1.807, 2.05) is 20.8 Å². The normalized spacial score (nSPS) is 29.7. The number of rotatable bonds is 13. The smallest absolute Gasteiger partial charge is 0.343 e. The summed E-state index contributed by atoms with van der Waals surface area (Å²) in [7, 11) is 9.78. The van der Waals surface area contributed by atoms with E-state index < -0.39 is 174 Å². The molecule has 554 valence electrons. The van der Waals surface area contributed by atoms with Gasteiger partial charge in [0.1, 0.15) is 47.8 Å². The average molecular weight is 1410 g/mol. The lowest BCUT2D eigenvalue weighted by atomic mass is 9.78. The molecule has 3 aliphatic heterocycles. The van der Waals surface area contributed by atoms with Gasteiger partial charge in [-0.05, 0) is 120 Å². The quantitative estimate of drug-likeness (QED) is 0.151. The highest BCUT2D eigenvalue weighted by Crippen LogP contribution is 2.44. The van der Waals surface area contributed by atoms with Crippen LogP contribution in [0, 0.1) is 35.5 Å². The minimum atomic E-state index is -4.52. The molecule has 0 bridgehead atoms. The van der Waals surface area contributed by atoms with Crippen LogP contribution in [-0.4, -0.2) is 263 Å². The predicted octanol–water partition coefficient (Wildman–Crippen LogP) is 5.58. The lowest BCUT2D eigenvalue weighted by Crippen LogP contribution is -2.64. The first-order valence-corrected chi connectivity index (χ1v) is 35.9. The summed E-state index contributed by atoms with van der Waals surface area (Å²) < 4.78 is 41.9. The summed E-state index contributed by atoms with van der Waals surface area (Å²) in [6, 6.07) is -8.85. The van der Waals surface area contributed by atoms with Crippen molar-refractivity contribution in [2.45, 2.75) is 236 Å². The Labute approximate surface area is 583 Å². The number of amides is 12. The van der Waals surface area contributed by atoms with Crippen LogP contribution in [0.1, 0.15) is 177 Å². The Morgan fingerprint density at radius 1 is 0.643 bits per heavy atom. The highest BCUT2D eigenvalue weighted by atomic mass is 35.5. The molecule has 0 radical (unpaired) electrons. The number of carbonyl (C=O) groups excluding carboxylic acids is 12. The average Bonchev–Trinajstić information content (AvgIpc) is 0.833. The predicted molar refractivity (Wildman–Crippen MR) is 365 cm³/mol. The largest absolute Gasteiger partial charge is 0.393 e. The summed E-state index contributed by atoms with van der Waals surface area (Å²) in [5.74, 6) is -11.5. The fourth-order valence-corrected chi connectivity index (χ4v) is 15.3. The van der Waals surface area contributed by atoms with Crippen LogP contribution in [0.4, 0.5) is 13.2 Å². The molecule has 5 fully saturated rings. The van der Waals surface area contributed by atoms with Crippen molar-refractivity contribution in [3.8, 4) is 0 Å². The van der Waals surface area contributed by atoms with Crippen LogP contribution in [-0.2, 0) is 57.5 Å². The Hall–Kier alpha value is -6.54. The number of hydrogen-bond acceptors (Lipinski definition) is 12. The molecule has 3 saturated heterocycles. The summed E-state index contributed by atoms with van der Waals surface area (Å²) in [6.07, 6.45) is 3.83. The first kappa shape index (κ1) is 82.1. The number of piperidine rings is 1. The second-order valence-corrected chi connectivity index (χ2v) is 30.2. The molecule has 0 aromatic heterocycles. The summed E-state index contributed by atoms with van der Waals surface area (Å²) in [4.78, 5) is 189. The van der Waals surface area contributed by atoms with E-state index in [2.05, 4.69) is 22.5 Å². The lowest BCUT2D eigenvalue weighted by molar-refractivity contribution is -0.182. The van der Waals surface area contributed by atoms with Crippen molar-refractivity contribution < 1.29 is 70.7 Å². The van der Waals surface area contributed by atoms with E-state index >= 15 is 14.4 Å². The van der Waals surface area contributed by atoms with Gasteiger partial charge in [0.15, 0.2) is 0 Å². The number of nitrogens with one attached hydrogen (secondary N) is 3. The van der Waals surface area contributed by atoms with Gasteiger partial charge >= 0.3 is 6.18 Å². The molecule has 12 atom stereocenters. The Kier molecular flexibility index (Phi) is 30.8. The maximum Gasteiger partial charge on any atom is 0.393 e. The van der Waals surface area contributed by atoms with Crippen LogP contribution in [0.25, 0.3) is 0 Å². The minimum Gasteiger partial charge on any atom is -0.343 e. The fourth-order valence-electron chi connectivity index (χ4n) is 14.8. The summed E-state index contributed by atoms with van der Waals surface area (Å²) in [6.45, 7) is 15.1. The SMILES string of the molecule is C=CC[C@]1(C)NC(=O)[C@@H]2CCCN2C(=O)[C@H](CCC2CCC(C(F)(F)F)C(Cl)C2)NC(=O)CN(C)C(=O)[C@H](CC2CCCCC2)N(C)C(=O)CN(C)C(=O)CN(C)C(=O)[C@H]([C@@H](C)CC)NC(=O)[C@H](CC(C)C)N(C)C(=O)C[C@@H](C(=O)N2CCCCC2)N(C)C(=O)[C@H](C(C)C)N(C)C1=O. The zero-order chi connectivity index (χ0) is 73.4. The van der Waals surface area contributed by atoms with Gasteiger partial charge in [0.25, 0.3) is 0 Å². The molecular weight excluding hydrogens is 1290 g/mol. The number of fused-ring (bicyclic) bond motifs is 1. The summed E-state index contributed by atoms with van der Waals surface area (Å²) in [5, 5.41) is 7.32. The third kappa shape index (κ3) is 21.5. The number of likely N-dealkylation sites (N-methyl/N-ethyl adjacent to an activating group) is 7. The summed E-state index contributed by atoms with van der Waals surface area (Å²) >= 11 is 6.38. The number of nitrogens with zero attached hydrogens (tertiary/aromatic N) is 9. The van der Waals surface area contributed by atoms with E-state index in [4.69, 9.17) is 11.6 Å². The lowest BCUT2D eigenvalue weighted by Gasteiger charge is -2.41. The monoisotopic (exact) mass is 1410 g/mol. The van der Waals surface area contributed by atoms with E-state index in [1.165, 1.54) is 81.9 Å². The molecule has 24 nitrogen and oxygen atoms in total. The van der Waals surface area contributed by atoms with Crippen LogP contribution in [0.2, 0.25) is 0 Å². The van der Waals surface area contributed by atoms with Crippen molar-refractivity contribution in [3.63, 3.8) is 0 Å². The standard InChI is InChI=1S/C70H114ClF3N12O12/c1-16-32-69(8)68(98)84(15)60(44(5)6)67(97)83(14)54(65(95)85-33-22-19-23-34-85)39-56(88)81(12)52(36-43(3)4)61(91)76-59(45(7)17-2)66(96)80(11)41-57(89)78(9)42-58(90)82(13)53(38-46-25-20-18-21-26-46)64(94)79(10)40-55(87)75-50(63(93)86-35-24-27-51(86)62(92)77-69)31-29-47-28-30-48(49(71)37-47)70(72,73)74/h16,43-54,59-60H,1,17-42H2,2-15H3,(H,75,87)(H,76,91)(H,77,92)/t45-,47?,48?,49?,50-,51-,52-,53-,54-,59-,60-,69-/m0/s1. The Balaban J connectivity index is 1.60. The van der Waals surface area contributed by atoms with Crippen molar-refractivity contribution in [2.24, 2.45) is 35.5 Å². The molecule has 12 amide bonds. The Bertz CT molecular complexity index is 2840. The van der Waals surface area contributed by atoms with E-state index in [0.717, 1.165) is 58.1 Å². The highest BCUT2D eigenvalue weighted by molar-refractivity contribution is 6.21. The molecular formula is C70H114ClF3N12O12. The van der Waals surface area contributed by atoms with Gasteiger partial charge < -0.3 is 60.0 Å². The second-order valence-electron chi connectivity index (χ2n) is 29.6. The highest BCUT2D eigenvalue weighted by Gasteiger charge is 2.50. The van der Waals surface area contributed by atoms with Gasteiger partial charge in [-0.25, -0.2) is 0 Å². The molecule has 2 aliphatic carbocycles. The molecule has 0 spiro atoms. The number of alkyl halides is 4. The molecule has 0 aromatic rings. The van der Waals surface area contributed by atoms with Crippen LogP contribution in [0.5, 0.6) is 0 Å². The molecule has 28 heteroatoms. The van der Waals surface area contributed by atoms with Gasteiger partial charge in [-0.2, -0.15) is 13.2 Å². The number of likely N-dealkylation sites (tertiary alicyclic amines) is 1. The molecule has 3 heterocycles. The van der Waals surface area contributed by atoms with Gasteiger partial charge in [0.05, 0.1) is 32.0 Å². The van der Waals surface area contributed by atoms with Gasteiger partial charge in [-0.15, -0.1) is 18.2 Å². The van der Waals surface area contributed by atoms with Gasteiger partial charge in [0, 0.05) is 74.3 Å². The van der Waals surface area contributed by atoms with Crippen LogP contribution < -0.4 is 16.0 Å². The third-order valence-corrected chi connectivity index (χ3v) is 21.7.